The molecule has 2 aromatic heterocycles. The third kappa shape index (κ3) is 3.74. The van der Waals surface area contributed by atoms with Crippen LogP contribution in [0, 0.1) is 0 Å². The van der Waals surface area contributed by atoms with Crippen LogP contribution in [0.5, 0.6) is 5.75 Å². The zero-order valence-electron chi connectivity index (χ0n) is 13.5. The van der Waals surface area contributed by atoms with Crippen molar-refractivity contribution in [2.45, 2.75) is 12.2 Å². The van der Waals surface area contributed by atoms with Gasteiger partial charge in [-0.25, -0.2) is 0 Å². The smallest absolute Gasteiger partial charge is 0.119 e. The number of H-pyrrole nitrogens is 1. The molecule has 3 rings (SSSR count). The van der Waals surface area contributed by atoms with Gasteiger partial charge >= 0.3 is 0 Å². The zero-order valence-corrected chi connectivity index (χ0v) is 15.2. The van der Waals surface area contributed by atoms with E-state index in [0.717, 1.165) is 18.0 Å². The fourth-order valence-corrected chi connectivity index (χ4v) is 4.33. The molecule has 2 N–H and O–H groups in total. The van der Waals surface area contributed by atoms with E-state index in [1.54, 1.807) is 18.4 Å². The van der Waals surface area contributed by atoms with E-state index in [9.17, 15) is 0 Å². The molecule has 0 aliphatic rings. The summed E-state index contributed by atoms with van der Waals surface area (Å²) in [5, 5.41) is 8.81. The highest BCUT2D eigenvalue weighted by atomic mass is 32.2. The largest absolute Gasteiger partial charge is 0.497 e. The zero-order chi connectivity index (χ0) is 16.1. The molecule has 0 radical (unpaired) electrons. The summed E-state index contributed by atoms with van der Waals surface area (Å²) in [4.78, 5) is 3.60. The van der Waals surface area contributed by atoms with Crippen LogP contribution < -0.4 is 10.1 Å². The van der Waals surface area contributed by atoms with Crippen LogP contribution in [0.15, 0.2) is 35.0 Å². The lowest BCUT2D eigenvalue weighted by molar-refractivity contribution is 0.415. The van der Waals surface area contributed by atoms with Crippen LogP contribution in [0.4, 0.5) is 0 Å². The van der Waals surface area contributed by atoms with Crippen molar-refractivity contribution >= 4 is 34.0 Å². The van der Waals surface area contributed by atoms with Gasteiger partial charge in [-0.05, 0) is 61.0 Å². The number of aromatic nitrogens is 1. The highest BCUT2D eigenvalue weighted by Crippen LogP contribution is 2.35. The van der Waals surface area contributed by atoms with Crippen molar-refractivity contribution in [3.8, 4) is 17.0 Å². The van der Waals surface area contributed by atoms with Crippen molar-refractivity contribution in [1.29, 1.82) is 0 Å². The Bertz CT molecular complexity index is 750. The van der Waals surface area contributed by atoms with E-state index in [-0.39, 0.29) is 0 Å². The van der Waals surface area contributed by atoms with Crippen molar-refractivity contribution in [2.24, 2.45) is 0 Å². The number of hydrogen-bond acceptors (Lipinski definition) is 4. The number of methoxy groups -OCH3 is 1. The number of aromatic amines is 1. The summed E-state index contributed by atoms with van der Waals surface area (Å²) in [6, 6.07) is 8.45. The Morgan fingerprint density at radius 1 is 1.30 bits per heavy atom. The molecule has 122 valence electrons. The average Bonchev–Trinajstić information content (AvgIpc) is 3.21. The first-order valence-electron chi connectivity index (χ1n) is 7.77. The first-order valence-corrected chi connectivity index (χ1v) is 9.86. The van der Waals surface area contributed by atoms with Gasteiger partial charge in [0.2, 0.25) is 0 Å². The number of thioether (sulfide) groups is 1. The van der Waals surface area contributed by atoms with Gasteiger partial charge in [-0.2, -0.15) is 23.1 Å². The van der Waals surface area contributed by atoms with Crippen LogP contribution in [-0.2, 0) is 5.75 Å². The lowest BCUT2D eigenvalue weighted by Gasteiger charge is -2.05. The molecule has 5 heteroatoms. The fraction of sp³-hybridized carbons (Fsp3) is 0.333. The van der Waals surface area contributed by atoms with Crippen LogP contribution >= 0.6 is 23.1 Å². The molecule has 0 atom stereocenters. The third-order valence-electron chi connectivity index (χ3n) is 3.89. The van der Waals surface area contributed by atoms with Gasteiger partial charge < -0.3 is 15.0 Å². The van der Waals surface area contributed by atoms with E-state index in [0.29, 0.717) is 0 Å². The Kier molecular flexibility index (Phi) is 5.65. The molecule has 0 unspecified atom stereocenters. The molecule has 2 heterocycles. The molecule has 23 heavy (non-hydrogen) atoms. The van der Waals surface area contributed by atoms with Gasteiger partial charge in [0, 0.05) is 27.6 Å². The van der Waals surface area contributed by atoms with Crippen LogP contribution in [-0.4, -0.2) is 31.4 Å². The van der Waals surface area contributed by atoms with E-state index >= 15 is 0 Å². The summed E-state index contributed by atoms with van der Waals surface area (Å²) < 4.78 is 5.41. The van der Waals surface area contributed by atoms with Gasteiger partial charge in [-0.15, -0.1) is 0 Å². The van der Waals surface area contributed by atoms with Crippen LogP contribution in [0.25, 0.3) is 22.2 Å². The summed E-state index contributed by atoms with van der Waals surface area (Å²) in [6.07, 6.45) is 1.20. The predicted octanol–water partition coefficient (Wildman–Crippen LogP) is 4.75. The second-order valence-corrected chi connectivity index (χ2v) is 7.30. The summed E-state index contributed by atoms with van der Waals surface area (Å²) in [5.74, 6) is 3.10. The maximum atomic E-state index is 5.41. The van der Waals surface area contributed by atoms with Gasteiger partial charge in [0.1, 0.15) is 5.75 Å². The quantitative estimate of drug-likeness (QED) is 0.578. The maximum absolute atomic E-state index is 5.41. The molecule has 0 aliphatic carbocycles. The molecular weight excluding hydrogens is 324 g/mol. The first-order chi connectivity index (χ1) is 11.3. The minimum Gasteiger partial charge on any atom is -0.497 e. The molecule has 0 spiro atoms. The van der Waals surface area contributed by atoms with Crippen molar-refractivity contribution in [1.82, 2.24) is 10.3 Å². The highest BCUT2D eigenvalue weighted by Gasteiger charge is 2.14. The average molecular weight is 347 g/mol. The SMILES string of the molecule is CNCCCSCc1c(-c2ccsc2)[nH]c2ccc(OC)cc12. The van der Waals surface area contributed by atoms with Crippen molar-refractivity contribution in [3.05, 3.63) is 40.6 Å². The molecular formula is C18H22N2OS2. The minimum absolute atomic E-state index is 0.912. The monoisotopic (exact) mass is 346 g/mol. The van der Waals surface area contributed by atoms with Crippen LogP contribution in [0.1, 0.15) is 12.0 Å². The third-order valence-corrected chi connectivity index (χ3v) is 5.64. The fourth-order valence-electron chi connectivity index (χ4n) is 2.68. The normalized spacial score (nSPS) is 11.2. The second-order valence-electron chi connectivity index (χ2n) is 5.41. The van der Waals surface area contributed by atoms with E-state index in [1.807, 2.05) is 24.9 Å². The van der Waals surface area contributed by atoms with Gasteiger partial charge in [0.15, 0.2) is 0 Å². The van der Waals surface area contributed by atoms with E-state index in [1.165, 1.54) is 39.9 Å². The number of hydrogen-bond donors (Lipinski definition) is 2. The highest BCUT2D eigenvalue weighted by molar-refractivity contribution is 7.98. The van der Waals surface area contributed by atoms with Crippen molar-refractivity contribution in [2.75, 3.05) is 26.5 Å². The van der Waals surface area contributed by atoms with E-state index in [4.69, 9.17) is 4.74 Å². The van der Waals surface area contributed by atoms with Crippen LogP contribution in [0.3, 0.4) is 0 Å². The molecule has 0 fully saturated rings. The van der Waals surface area contributed by atoms with E-state index < -0.39 is 0 Å². The molecule has 3 nitrogen and oxygen atoms in total. The number of fused-ring (bicyclic) bond motifs is 1. The van der Waals surface area contributed by atoms with Gasteiger partial charge in [-0.1, -0.05) is 0 Å². The number of nitrogens with one attached hydrogen (secondary N) is 2. The predicted molar refractivity (Wildman–Crippen MR) is 103 cm³/mol. The first kappa shape index (κ1) is 16.4. The summed E-state index contributed by atoms with van der Waals surface area (Å²) >= 11 is 3.73. The Labute approximate surface area is 145 Å². The maximum Gasteiger partial charge on any atom is 0.119 e. The topological polar surface area (TPSA) is 37.0 Å². The van der Waals surface area contributed by atoms with Gasteiger partial charge in [-0.3, -0.25) is 0 Å². The number of rotatable bonds is 8. The summed E-state index contributed by atoms with van der Waals surface area (Å²) in [5.41, 5.74) is 5.08. The number of ether oxygens (including phenoxy) is 1. The van der Waals surface area contributed by atoms with Gasteiger partial charge in [0.05, 0.1) is 12.8 Å². The number of thiophene rings is 1. The molecule has 3 aromatic rings. The lowest BCUT2D eigenvalue weighted by Crippen LogP contribution is -2.08. The minimum atomic E-state index is 0.912. The van der Waals surface area contributed by atoms with E-state index in [2.05, 4.69) is 39.3 Å². The van der Waals surface area contributed by atoms with Crippen molar-refractivity contribution < 1.29 is 4.74 Å². The van der Waals surface area contributed by atoms with Crippen LogP contribution in [0.2, 0.25) is 0 Å². The van der Waals surface area contributed by atoms with Gasteiger partial charge in [0.25, 0.3) is 0 Å². The van der Waals surface area contributed by atoms with Crippen molar-refractivity contribution in [3.63, 3.8) is 0 Å². The molecule has 0 aliphatic heterocycles. The number of benzene rings is 1. The summed E-state index contributed by atoms with van der Waals surface area (Å²) in [6.45, 7) is 1.08. The Balaban J connectivity index is 1.92. The molecule has 0 bridgehead atoms. The standard InChI is InChI=1S/C18H22N2OS2/c1-19-7-3-8-22-12-16-15-10-14(21-2)4-5-17(15)20-18(16)13-6-9-23-11-13/h4-6,9-11,19-20H,3,7-8,12H2,1-2H3. The second kappa shape index (κ2) is 7.90. The Hall–Kier alpha value is -1.43. The molecule has 1 aromatic carbocycles. The lowest BCUT2D eigenvalue weighted by atomic mass is 10.1. The molecule has 0 saturated carbocycles. The summed E-state index contributed by atoms with van der Waals surface area (Å²) in [7, 11) is 3.73. The molecule has 0 amide bonds. The molecule has 0 saturated heterocycles. The Morgan fingerprint density at radius 3 is 2.96 bits per heavy atom. The Morgan fingerprint density at radius 2 is 2.22 bits per heavy atom.